The van der Waals surface area contributed by atoms with Crippen LogP contribution in [0.25, 0.3) is 11.3 Å². The number of Topliss-reactive ketones (excluding diaryl/α,β-unsaturated/α-hetero) is 1. The van der Waals surface area contributed by atoms with E-state index in [1.54, 1.807) is 28.9 Å². The van der Waals surface area contributed by atoms with E-state index in [1.165, 1.54) is 0 Å². The van der Waals surface area contributed by atoms with Gasteiger partial charge in [0.2, 0.25) is 0 Å². The minimum absolute atomic E-state index is 0.0743. The fraction of sp³-hybridized carbons (Fsp3) is 0.111. The van der Waals surface area contributed by atoms with E-state index < -0.39 is 0 Å². The normalized spacial score (nSPS) is 10.7. The van der Waals surface area contributed by atoms with Gasteiger partial charge < -0.3 is 0 Å². The molecule has 3 aromatic rings. The second kappa shape index (κ2) is 6.99. The molecule has 0 saturated carbocycles. The van der Waals surface area contributed by atoms with Gasteiger partial charge in [0.1, 0.15) is 0 Å². The number of ketones is 1. The lowest BCUT2D eigenvalue weighted by Gasteiger charge is -2.02. The number of halogens is 2. The van der Waals surface area contributed by atoms with Crippen LogP contribution < -0.4 is 0 Å². The first kappa shape index (κ1) is 15.8. The SMILES string of the molecule is O=C(CCn1ccc(-c2ccc(Cl)cc2)n1)c1ccc(Cl)cc1. The van der Waals surface area contributed by atoms with E-state index in [1.807, 2.05) is 36.5 Å². The van der Waals surface area contributed by atoms with Crippen molar-refractivity contribution in [3.8, 4) is 11.3 Å². The van der Waals surface area contributed by atoms with Crippen LogP contribution in [0.15, 0.2) is 60.8 Å². The van der Waals surface area contributed by atoms with Crippen molar-refractivity contribution >= 4 is 29.0 Å². The third kappa shape index (κ3) is 4.01. The van der Waals surface area contributed by atoms with Crippen molar-refractivity contribution in [3.05, 3.63) is 76.4 Å². The van der Waals surface area contributed by atoms with E-state index in [9.17, 15) is 4.79 Å². The Morgan fingerprint density at radius 2 is 1.52 bits per heavy atom. The van der Waals surface area contributed by atoms with E-state index in [4.69, 9.17) is 23.2 Å². The molecule has 0 aliphatic rings. The Kier molecular flexibility index (Phi) is 4.79. The molecule has 3 rings (SSSR count). The third-order valence-corrected chi connectivity index (χ3v) is 4.02. The highest BCUT2D eigenvalue weighted by Crippen LogP contribution is 2.19. The number of carbonyl (C=O) groups excluding carboxylic acids is 1. The van der Waals surface area contributed by atoms with E-state index >= 15 is 0 Å². The zero-order valence-corrected chi connectivity index (χ0v) is 13.8. The van der Waals surface area contributed by atoms with Crippen LogP contribution in [0.5, 0.6) is 0 Å². The van der Waals surface area contributed by atoms with Crippen LogP contribution in [-0.4, -0.2) is 15.6 Å². The highest BCUT2D eigenvalue weighted by Gasteiger charge is 2.07. The van der Waals surface area contributed by atoms with Crippen molar-refractivity contribution in [2.75, 3.05) is 0 Å². The van der Waals surface area contributed by atoms with Crippen molar-refractivity contribution in [1.29, 1.82) is 0 Å². The molecule has 0 N–H and O–H groups in total. The van der Waals surface area contributed by atoms with Crippen molar-refractivity contribution < 1.29 is 4.79 Å². The fourth-order valence-corrected chi connectivity index (χ4v) is 2.51. The Morgan fingerprint density at radius 3 is 2.17 bits per heavy atom. The number of carbonyl (C=O) groups is 1. The van der Waals surface area contributed by atoms with Crippen molar-refractivity contribution in [2.24, 2.45) is 0 Å². The summed E-state index contributed by atoms with van der Waals surface area (Å²) in [5.41, 5.74) is 2.53. The van der Waals surface area contributed by atoms with E-state index in [-0.39, 0.29) is 5.78 Å². The summed E-state index contributed by atoms with van der Waals surface area (Å²) in [5.74, 6) is 0.0743. The van der Waals surface area contributed by atoms with Crippen molar-refractivity contribution in [3.63, 3.8) is 0 Å². The second-order valence-electron chi connectivity index (χ2n) is 5.15. The predicted octanol–water partition coefficient (Wildman–Crippen LogP) is 5.13. The maximum atomic E-state index is 12.1. The molecule has 0 amide bonds. The second-order valence-corrected chi connectivity index (χ2v) is 6.02. The molecule has 0 aliphatic carbocycles. The quantitative estimate of drug-likeness (QED) is 0.601. The largest absolute Gasteiger partial charge is 0.294 e. The Bertz CT molecular complexity index is 808. The van der Waals surface area contributed by atoms with Crippen LogP contribution in [0.2, 0.25) is 10.0 Å². The van der Waals surface area contributed by atoms with Gasteiger partial charge in [-0.3, -0.25) is 9.48 Å². The van der Waals surface area contributed by atoms with Crippen molar-refractivity contribution in [1.82, 2.24) is 9.78 Å². The topological polar surface area (TPSA) is 34.9 Å². The molecule has 116 valence electrons. The smallest absolute Gasteiger partial charge is 0.164 e. The Balaban J connectivity index is 1.64. The zero-order valence-electron chi connectivity index (χ0n) is 12.2. The van der Waals surface area contributed by atoms with Gasteiger partial charge >= 0.3 is 0 Å². The first-order chi connectivity index (χ1) is 11.1. The molecule has 0 fully saturated rings. The molecule has 1 heterocycles. The van der Waals surface area contributed by atoms with Gasteiger partial charge in [0, 0.05) is 40.3 Å². The van der Waals surface area contributed by atoms with Crippen LogP contribution in [0.1, 0.15) is 16.8 Å². The Labute approximate surface area is 144 Å². The van der Waals surface area contributed by atoms with Gasteiger partial charge in [-0.1, -0.05) is 35.3 Å². The van der Waals surface area contributed by atoms with Gasteiger partial charge in [-0.05, 0) is 42.5 Å². The molecule has 0 saturated heterocycles. The molecule has 0 atom stereocenters. The summed E-state index contributed by atoms with van der Waals surface area (Å²) in [7, 11) is 0. The first-order valence-electron chi connectivity index (χ1n) is 7.20. The molecule has 23 heavy (non-hydrogen) atoms. The number of aryl methyl sites for hydroxylation is 1. The monoisotopic (exact) mass is 344 g/mol. The van der Waals surface area contributed by atoms with Gasteiger partial charge in [-0.25, -0.2) is 0 Å². The van der Waals surface area contributed by atoms with Gasteiger partial charge in [0.15, 0.2) is 5.78 Å². The summed E-state index contributed by atoms with van der Waals surface area (Å²) in [6.07, 6.45) is 2.27. The summed E-state index contributed by atoms with van der Waals surface area (Å²) in [4.78, 5) is 12.1. The lowest BCUT2D eigenvalue weighted by molar-refractivity contribution is 0.0975. The molecule has 3 nitrogen and oxygen atoms in total. The summed E-state index contributed by atoms with van der Waals surface area (Å²) in [6, 6.07) is 16.4. The van der Waals surface area contributed by atoms with Gasteiger partial charge in [-0.2, -0.15) is 5.10 Å². The number of rotatable bonds is 5. The molecule has 0 radical (unpaired) electrons. The summed E-state index contributed by atoms with van der Waals surface area (Å²) in [5, 5.41) is 5.81. The van der Waals surface area contributed by atoms with Crippen molar-refractivity contribution in [2.45, 2.75) is 13.0 Å². The molecule has 0 spiro atoms. The van der Waals surface area contributed by atoms with Crippen LogP contribution in [0, 0.1) is 0 Å². The summed E-state index contributed by atoms with van der Waals surface area (Å²) < 4.78 is 1.78. The molecule has 0 bridgehead atoms. The average molecular weight is 345 g/mol. The number of hydrogen-bond donors (Lipinski definition) is 0. The maximum absolute atomic E-state index is 12.1. The molecule has 1 aromatic heterocycles. The van der Waals surface area contributed by atoms with E-state index in [0.29, 0.717) is 28.6 Å². The van der Waals surface area contributed by atoms with Crippen LogP contribution in [-0.2, 0) is 6.54 Å². The van der Waals surface area contributed by atoms with Crippen LogP contribution >= 0.6 is 23.2 Å². The highest BCUT2D eigenvalue weighted by molar-refractivity contribution is 6.30. The standard InChI is InChI=1S/C18H14Cl2N2O/c19-15-5-1-13(2-6-15)17-9-11-22(21-17)12-10-18(23)14-3-7-16(20)8-4-14/h1-9,11H,10,12H2. The lowest BCUT2D eigenvalue weighted by atomic mass is 10.1. The maximum Gasteiger partial charge on any atom is 0.164 e. The summed E-state index contributed by atoms with van der Waals surface area (Å²) >= 11 is 11.7. The average Bonchev–Trinajstić information content (AvgIpc) is 3.03. The number of hydrogen-bond acceptors (Lipinski definition) is 2. The minimum Gasteiger partial charge on any atom is -0.294 e. The molecule has 5 heteroatoms. The molecule has 2 aromatic carbocycles. The van der Waals surface area contributed by atoms with Gasteiger partial charge in [-0.15, -0.1) is 0 Å². The molecular formula is C18H14Cl2N2O. The van der Waals surface area contributed by atoms with E-state index in [0.717, 1.165) is 11.3 Å². The Morgan fingerprint density at radius 1 is 0.913 bits per heavy atom. The molecule has 0 unspecified atom stereocenters. The van der Waals surface area contributed by atoms with Gasteiger partial charge in [0.25, 0.3) is 0 Å². The van der Waals surface area contributed by atoms with Crippen LogP contribution in [0.3, 0.4) is 0 Å². The number of benzene rings is 2. The number of aromatic nitrogens is 2. The molecule has 0 aliphatic heterocycles. The zero-order chi connectivity index (χ0) is 16.2. The predicted molar refractivity (Wildman–Crippen MR) is 93.1 cm³/mol. The summed E-state index contributed by atoms with van der Waals surface area (Å²) in [6.45, 7) is 0.537. The lowest BCUT2D eigenvalue weighted by Crippen LogP contribution is -2.06. The van der Waals surface area contributed by atoms with Crippen LogP contribution in [0.4, 0.5) is 0 Å². The Hall–Kier alpha value is -2.10. The van der Waals surface area contributed by atoms with Gasteiger partial charge in [0.05, 0.1) is 5.69 Å². The highest BCUT2D eigenvalue weighted by atomic mass is 35.5. The fourth-order valence-electron chi connectivity index (χ4n) is 2.26. The first-order valence-corrected chi connectivity index (χ1v) is 7.95. The molecular weight excluding hydrogens is 331 g/mol. The minimum atomic E-state index is 0.0743. The number of nitrogens with zero attached hydrogens (tertiary/aromatic N) is 2. The van der Waals surface area contributed by atoms with E-state index in [2.05, 4.69) is 5.10 Å². The third-order valence-electron chi connectivity index (χ3n) is 3.51.